The quantitative estimate of drug-likeness (QED) is 0.0347. The first-order valence-electron chi connectivity index (χ1n) is 25.0. The molecule has 0 N–H and O–H groups in total. The fourth-order valence-corrected chi connectivity index (χ4v) is 5.93. The number of allylic oxidation sites excluding steroid dienone is 25. The van der Waals surface area contributed by atoms with Crippen molar-refractivity contribution in [2.75, 3.05) is 19.8 Å². The van der Waals surface area contributed by atoms with Gasteiger partial charge < -0.3 is 14.2 Å². The third kappa shape index (κ3) is 50.2. The van der Waals surface area contributed by atoms with Crippen molar-refractivity contribution in [3.63, 3.8) is 0 Å². The maximum atomic E-state index is 12.8. The maximum Gasteiger partial charge on any atom is 0.309 e. The van der Waals surface area contributed by atoms with Gasteiger partial charge in [0.05, 0.1) is 13.0 Å². The lowest BCUT2D eigenvalue weighted by atomic mass is 10.1. The fraction of sp³-hybridized carbons (Fsp3) is 0.525. The summed E-state index contributed by atoms with van der Waals surface area (Å²) in [5.74, 6) is -0.609. The van der Waals surface area contributed by atoms with Crippen LogP contribution in [-0.4, -0.2) is 37.9 Å². The van der Waals surface area contributed by atoms with Crippen LogP contribution in [0.1, 0.15) is 175 Å². The van der Waals surface area contributed by atoms with Crippen LogP contribution in [0.4, 0.5) is 0 Å². The normalized spacial score (nSPS) is 13.6. The van der Waals surface area contributed by atoms with Gasteiger partial charge in [0, 0.05) is 13.0 Å². The van der Waals surface area contributed by atoms with Crippen molar-refractivity contribution in [1.29, 1.82) is 0 Å². The van der Waals surface area contributed by atoms with Crippen LogP contribution in [0.25, 0.3) is 0 Å². The van der Waals surface area contributed by atoms with E-state index in [2.05, 4.69) is 167 Å². The molecule has 1 atom stereocenters. The molecule has 0 heterocycles. The van der Waals surface area contributed by atoms with Crippen LogP contribution < -0.4 is 0 Å². The Morgan fingerprint density at radius 3 is 1.20 bits per heavy atom. The summed E-state index contributed by atoms with van der Waals surface area (Å²) in [6.07, 6.45) is 78.6. The van der Waals surface area contributed by atoms with Gasteiger partial charge in [-0.2, -0.15) is 0 Å². The zero-order valence-corrected chi connectivity index (χ0v) is 40.7. The molecule has 0 radical (unpaired) electrons. The van der Waals surface area contributed by atoms with E-state index in [9.17, 15) is 9.59 Å². The van der Waals surface area contributed by atoms with Crippen molar-refractivity contribution in [1.82, 2.24) is 0 Å². The Labute approximate surface area is 393 Å². The second kappa shape index (κ2) is 52.9. The predicted molar refractivity (Wildman–Crippen MR) is 278 cm³/mol. The maximum absolute atomic E-state index is 12.8. The monoisotopic (exact) mass is 879 g/mol. The molecular formula is C59H90O5. The molecule has 0 spiro atoms. The van der Waals surface area contributed by atoms with Crippen LogP contribution in [0, 0.1) is 0 Å². The summed E-state index contributed by atoms with van der Waals surface area (Å²) in [5, 5.41) is 0. The van der Waals surface area contributed by atoms with E-state index in [0.717, 1.165) is 128 Å². The highest BCUT2D eigenvalue weighted by atomic mass is 16.6. The third-order valence-electron chi connectivity index (χ3n) is 9.54. The molecule has 0 aliphatic rings. The Bertz CT molecular complexity index is 1460. The number of unbranched alkanes of at least 4 members (excludes halogenated alkanes) is 7. The zero-order valence-electron chi connectivity index (χ0n) is 40.7. The molecular weight excluding hydrogens is 789 g/mol. The molecule has 0 aliphatic heterocycles. The van der Waals surface area contributed by atoms with Gasteiger partial charge in [0.25, 0.3) is 0 Å². The van der Waals surface area contributed by atoms with Gasteiger partial charge >= 0.3 is 11.9 Å². The van der Waals surface area contributed by atoms with E-state index < -0.39 is 6.10 Å². The molecule has 1 unspecified atom stereocenters. The van der Waals surface area contributed by atoms with E-state index in [1.165, 1.54) is 12.8 Å². The summed E-state index contributed by atoms with van der Waals surface area (Å²) in [6.45, 7) is 7.23. The summed E-state index contributed by atoms with van der Waals surface area (Å²) in [7, 11) is 0. The smallest absolute Gasteiger partial charge is 0.309 e. The summed E-state index contributed by atoms with van der Waals surface area (Å²) < 4.78 is 17.2. The minimum Gasteiger partial charge on any atom is -0.461 e. The molecule has 0 saturated heterocycles. The lowest BCUT2D eigenvalue weighted by Gasteiger charge is -2.18. The Hall–Kier alpha value is -4.48. The van der Waals surface area contributed by atoms with E-state index in [4.69, 9.17) is 14.2 Å². The van der Waals surface area contributed by atoms with Gasteiger partial charge in [-0.1, -0.05) is 204 Å². The summed E-state index contributed by atoms with van der Waals surface area (Å²) in [4.78, 5) is 25.3. The standard InChI is InChI=1S/C59H90O5/c1-4-7-10-13-16-19-22-25-27-28-29-30-31-33-36-39-42-45-48-51-54-62-55-57(64-59(61)53-50-47-44-41-38-34-24-21-18-15-12-9-6-3)56-63-58(60)52-49-46-43-40-37-35-32-26-23-20-17-14-11-8-5-2/h7-8,10-12,15-17,19-21,24-27,29-30,32-33,36-37,40,42,45-46,49,57H,4-6,9,13-14,18,22-23,28,31,34-35,38-39,41,43-44,47-48,50-56H2,1-3H3/b10-7-,11-8-,15-12-,19-16-,20-17-,24-21-,27-25-,30-29-,32-26-,36-33-,40-37-,45-42-,49-46-. The number of hydrogen-bond acceptors (Lipinski definition) is 5. The largest absolute Gasteiger partial charge is 0.461 e. The highest BCUT2D eigenvalue weighted by Gasteiger charge is 2.17. The van der Waals surface area contributed by atoms with Crippen molar-refractivity contribution < 1.29 is 23.8 Å². The topological polar surface area (TPSA) is 61.8 Å². The SMILES string of the molecule is CC/C=C\C/C=C\C/C=C\C/C=C\C/C=C\C/C=C\CCCOCC(COC(=O)C/C=C\C/C=C\C/C=C\C/C=C\C/C=C\CC)OC(=O)CCCCCCC/C=C\C/C=C\CCC. The van der Waals surface area contributed by atoms with E-state index in [-0.39, 0.29) is 31.6 Å². The van der Waals surface area contributed by atoms with E-state index >= 15 is 0 Å². The molecule has 0 fully saturated rings. The van der Waals surface area contributed by atoms with Gasteiger partial charge in [-0.3, -0.25) is 9.59 Å². The molecule has 356 valence electrons. The Balaban J connectivity index is 4.55. The molecule has 0 aromatic heterocycles. The molecule has 0 aromatic rings. The average molecular weight is 879 g/mol. The summed E-state index contributed by atoms with van der Waals surface area (Å²) in [5.41, 5.74) is 0. The number of rotatable bonds is 43. The summed E-state index contributed by atoms with van der Waals surface area (Å²) >= 11 is 0. The summed E-state index contributed by atoms with van der Waals surface area (Å²) in [6, 6.07) is 0. The number of hydrogen-bond donors (Lipinski definition) is 0. The highest BCUT2D eigenvalue weighted by Crippen LogP contribution is 2.10. The molecule has 0 amide bonds. The molecule has 64 heavy (non-hydrogen) atoms. The van der Waals surface area contributed by atoms with Crippen LogP contribution in [0.3, 0.4) is 0 Å². The molecule has 0 saturated carbocycles. The van der Waals surface area contributed by atoms with Gasteiger partial charge in [0.15, 0.2) is 6.10 Å². The van der Waals surface area contributed by atoms with E-state index in [0.29, 0.717) is 13.0 Å². The van der Waals surface area contributed by atoms with Crippen LogP contribution >= 0.6 is 0 Å². The molecule has 5 nitrogen and oxygen atoms in total. The molecule has 5 heteroatoms. The Morgan fingerprint density at radius 2 is 0.750 bits per heavy atom. The number of esters is 2. The van der Waals surface area contributed by atoms with Crippen LogP contribution in [0.5, 0.6) is 0 Å². The first-order chi connectivity index (χ1) is 31.6. The molecule has 0 aliphatic carbocycles. The van der Waals surface area contributed by atoms with Crippen molar-refractivity contribution in [2.45, 2.75) is 181 Å². The number of ether oxygens (including phenoxy) is 3. The van der Waals surface area contributed by atoms with Crippen molar-refractivity contribution in [3.05, 3.63) is 158 Å². The zero-order chi connectivity index (χ0) is 46.3. The fourth-order valence-electron chi connectivity index (χ4n) is 5.93. The lowest BCUT2D eigenvalue weighted by Crippen LogP contribution is -2.30. The molecule has 0 bridgehead atoms. The Kier molecular flexibility index (Phi) is 49.2. The first kappa shape index (κ1) is 59.5. The second-order valence-electron chi connectivity index (χ2n) is 15.6. The third-order valence-corrected chi connectivity index (χ3v) is 9.54. The van der Waals surface area contributed by atoms with Crippen LogP contribution in [-0.2, 0) is 23.8 Å². The van der Waals surface area contributed by atoms with E-state index in [1.807, 2.05) is 12.2 Å². The minimum absolute atomic E-state index is 0.00958. The number of carbonyl (C=O) groups excluding carboxylic acids is 2. The molecule has 0 rings (SSSR count). The average Bonchev–Trinajstić information content (AvgIpc) is 3.30. The highest BCUT2D eigenvalue weighted by molar-refractivity contribution is 5.71. The van der Waals surface area contributed by atoms with Gasteiger partial charge in [0.1, 0.15) is 6.61 Å². The van der Waals surface area contributed by atoms with Gasteiger partial charge in [-0.15, -0.1) is 0 Å². The van der Waals surface area contributed by atoms with Crippen molar-refractivity contribution in [3.8, 4) is 0 Å². The number of carbonyl (C=O) groups is 2. The van der Waals surface area contributed by atoms with Crippen molar-refractivity contribution >= 4 is 11.9 Å². The minimum atomic E-state index is -0.626. The lowest BCUT2D eigenvalue weighted by molar-refractivity contribution is -0.162. The first-order valence-corrected chi connectivity index (χ1v) is 25.0. The Morgan fingerprint density at radius 1 is 0.375 bits per heavy atom. The van der Waals surface area contributed by atoms with Crippen LogP contribution in [0.2, 0.25) is 0 Å². The predicted octanol–water partition coefficient (Wildman–Crippen LogP) is 17.1. The van der Waals surface area contributed by atoms with Crippen molar-refractivity contribution in [2.24, 2.45) is 0 Å². The van der Waals surface area contributed by atoms with Gasteiger partial charge in [-0.05, 0) is 116 Å². The van der Waals surface area contributed by atoms with Gasteiger partial charge in [0.2, 0.25) is 0 Å². The van der Waals surface area contributed by atoms with Gasteiger partial charge in [-0.25, -0.2) is 0 Å². The van der Waals surface area contributed by atoms with E-state index in [1.54, 1.807) is 0 Å². The van der Waals surface area contributed by atoms with Crippen LogP contribution in [0.15, 0.2) is 158 Å². The molecule has 0 aromatic carbocycles. The second-order valence-corrected chi connectivity index (χ2v) is 15.6.